The predicted octanol–water partition coefficient (Wildman–Crippen LogP) is -0.519. The molecule has 0 saturated heterocycles. The van der Waals surface area contributed by atoms with Gasteiger partial charge in [-0.3, -0.25) is 10.5 Å². The number of nitrogens with two attached hydrogens (primary N) is 2. The van der Waals surface area contributed by atoms with E-state index in [1.807, 2.05) is 0 Å². The van der Waals surface area contributed by atoms with Crippen LogP contribution in [0.4, 0.5) is 0 Å². The van der Waals surface area contributed by atoms with Crippen molar-refractivity contribution in [2.75, 3.05) is 5.75 Å². The van der Waals surface area contributed by atoms with E-state index in [0.29, 0.717) is 18.6 Å². The minimum absolute atomic E-state index is 0.0274. The SMILES string of the molecule is NC(CS)CCC(N)OC=O. The lowest BCUT2D eigenvalue weighted by Crippen LogP contribution is -2.28. The molecule has 4 N–H and O–H groups in total. The fourth-order valence-corrected chi connectivity index (χ4v) is 0.792. The van der Waals surface area contributed by atoms with Gasteiger partial charge in [-0.25, -0.2) is 0 Å². The summed E-state index contributed by atoms with van der Waals surface area (Å²) in [4.78, 5) is 9.78. The largest absolute Gasteiger partial charge is 0.449 e. The Kier molecular flexibility index (Phi) is 6.30. The van der Waals surface area contributed by atoms with Gasteiger partial charge in [-0.05, 0) is 12.8 Å². The molecule has 0 bridgehead atoms. The first-order chi connectivity index (χ1) is 5.20. The minimum Gasteiger partial charge on any atom is -0.449 e. The van der Waals surface area contributed by atoms with E-state index in [1.54, 1.807) is 0 Å². The third-order valence-electron chi connectivity index (χ3n) is 1.29. The monoisotopic (exact) mass is 178 g/mol. The maximum Gasteiger partial charge on any atom is 0.294 e. The number of carbonyl (C=O) groups excluding carboxylic acids is 1. The molecule has 0 fully saturated rings. The van der Waals surface area contributed by atoms with Gasteiger partial charge in [0.15, 0.2) is 6.23 Å². The summed E-state index contributed by atoms with van der Waals surface area (Å²) in [6.07, 6.45) is 0.775. The highest BCUT2D eigenvalue weighted by molar-refractivity contribution is 7.80. The van der Waals surface area contributed by atoms with Crippen LogP contribution in [0.5, 0.6) is 0 Å². The van der Waals surface area contributed by atoms with Crippen LogP contribution in [0, 0.1) is 0 Å². The van der Waals surface area contributed by atoms with Gasteiger partial charge in [0.25, 0.3) is 6.47 Å². The fraction of sp³-hybridized carbons (Fsp3) is 0.833. The van der Waals surface area contributed by atoms with E-state index in [0.717, 1.165) is 6.42 Å². The zero-order valence-corrected chi connectivity index (χ0v) is 7.17. The van der Waals surface area contributed by atoms with Crippen molar-refractivity contribution in [2.24, 2.45) is 11.5 Å². The molecule has 5 heteroatoms. The Morgan fingerprint density at radius 1 is 1.45 bits per heavy atom. The van der Waals surface area contributed by atoms with Gasteiger partial charge >= 0.3 is 0 Å². The predicted molar refractivity (Wildman–Crippen MR) is 46.2 cm³/mol. The Morgan fingerprint density at radius 2 is 2.09 bits per heavy atom. The van der Waals surface area contributed by atoms with E-state index in [9.17, 15) is 4.79 Å². The fourth-order valence-electron chi connectivity index (χ4n) is 0.609. The van der Waals surface area contributed by atoms with Crippen LogP contribution in [-0.2, 0) is 9.53 Å². The zero-order valence-electron chi connectivity index (χ0n) is 6.27. The summed E-state index contributed by atoms with van der Waals surface area (Å²) in [7, 11) is 0. The maximum absolute atomic E-state index is 9.78. The summed E-state index contributed by atoms with van der Waals surface area (Å²) in [6, 6.07) is 0.0274. The molecule has 2 atom stereocenters. The van der Waals surface area contributed by atoms with Gasteiger partial charge in [-0.1, -0.05) is 0 Å². The quantitative estimate of drug-likeness (QED) is 0.290. The van der Waals surface area contributed by atoms with Crippen molar-refractivity contribution in [2.45, 2.75) is 25.1 Å². The van der Waals surface area contributed by atoms with Crippen LogP contribution in [0.25, 0.3) is 0 Å². The van der Waals surface area contributed by atoms with E-state index < -0.39 is 6.23 Å². The molecule has 0 amide bonds. The van der Waals surface area contributed by atoms with Crippen molar-refractivity contribution in [3.05, 3.63) is 0 Å². The summed E-state index contributed by atoms with van der Waals surface area (Å²) in [5.41, 5.74) is 10.9. The number of ether oxygens (including phenoxy) is 1. The average molecular weight is 178 g/mol. The Morgan fingerprint density at radius 3 is 2.55 bits per heavy atom. The van der Waals surface area contributed by atoms with E-state index in [2.05, 4.69) is 17.4 Å². The Bertz CT molecular complexity index is 113. The molecule has 0 aromatic rings. The summed E-state index contributed by atoms with van der Waals surface area (Å²) < 4.78 is 4.45. The Balaban J connectivity index is 3.29. The van der Waals surface area contributed by atoms with E-state index in [1.165, 1.54) is 0 Å². The lowest BCUT2D eigenvalue weighted by atomic mass is 10.2. The third-order valence-corrected chi connectivity index (χ3v) is 1.76. The second-order valence-electron chi connectivity index (χ2n) is 2.29. The van der Waals surface area contributed by atoms with Crippen molar-refractivity contribution in [1.29, 1.82) is 0 Å². The molecule has 11 heavy (non-hydrogen) atoms. The van der Waals surface area contributed by atoms with Crippen molar-refractivity contribution >= 4 is 19.1 Å². The minimum atomic E-state index is -0.529. The molecule has 0 aliphatic heterocycles. The molecule has 0 spiro atoms. The van der Waals surface area contributed by atoms with Crippen LogP contribution < -0.4 is 11.5 Å². The molecule has 2 unspecified atom stereocenters. The van der Waals surface area contributed by atoms with Crippen LogP contribution in [0.2, 0.25) is 0 Å². The molecular weight excluding hydrogens is 164 g/mol. The first-order valence-corrected chi connectivity index (χ1v) is 4.05. The standard InChI is InChI=1S/C6H14N2O2S/c7-5(3-11)1-2-6(8)10-4-9/h4-6,11H,1-3,7-8H2. The lowest BCUT2D eigenvalue weighted by Gasteiger charge is -2.11. The van der Waals surface area contributed by atoms with Crippen molar-refractivity contribution in [1.82, 2.24) is 0 Å². The molecule has 0 radical (unpaired) electrons. The average Bonchev–Trinajstić information content (AvgIpc) is 2.01. The van der Waals surface area contributed by atoms with E-state index in [4.69, 9.17) is 11.5 Å². The topological polar surface area (TPSA) is 78.3 Å². The third kappa shape index (κ3) is 6.15. The number of carbonyl (C=O) groups is 1. The second-order valence-corrected chi connectivity index (χ2v) is 2.66. The van der Waals surface area contributed by atoms with Gasteiger partial charge in [0.1, 0.15) is 0 Å². The summed E-state index contributed by atoms with van der Waals surface area (Å²) in [5.74, 6) is 0.619. The summed E-state index contributed by atoms with van der Waals surface area (Å²) in [5, 5.41) is 0. The van der Waals surface area contributed by atoms with Gasteiger partial charge in [0, 0.05) is 11.8 Å². The first kappa shape index (κ1) is 10.7. The lowest BCUT2D eigenvalue weighted by molar-refractivity contribution is -0.133. The first-order valence-electron chi connectivity index (χ1n) is 3.41. The molecule has 66 valence electrons. The highest BCUT2D eigenvalue weighted by atomic mass is 32.1. The second kappa shape index (κ2) is 6.45. The van der Waals surface area contributed by atoms with Crippen molar-refractivity contribution in [3.8, 4) is 0 Å². The van der Waals surface area contributed by atoms with Crippen molar-refractivity contribution in [3.63, 3.8) is 0 Å². The molecule has 0 rings (SSSR count). The van der Waals surface area contributed by atoms with Crippen molar-refractivity contribution < 1.29 is 9.53 Å². The molecule has 0 aromatic carbocycles. The Labute approximate surface area is 71.7 Å². The highest BCUT2D eigenvalue weighted by Crippen LogP contribution is 1.99. The number of hydrogen-bond acceptors (Lipinski definition) is 5. The molecule has 0 aliphatic rings. The van der Waals surface area contributed by atoms with Gasteiger partial charge in [0.2, 0.25) is 0 Å². The van der Waals surface area contributed by atoms with Crippen LogP contribution >= 0.6 is 12.6 Å². The number of rotatable bonds is 6. The molecular formula is C6H14N2O2S. The molecule has 0 aliphatic carbocycles. The van der Waals surface area contributed by atoms with Crippen LogP contribution in [0.3, 0.4) is 0 Å². The van der Waals surface area contributed by atoms with Gasteiger partial charge in [0.05, 0.1) is 0 Å². The molecule has 0 heterocycles. The maximum atomic E-state index is 9.78. The summed E-state index contributed by atoms with van der Waals surface area (Å²) in [6.45, 7) is 0.344. The summed E-state index contributed by atoms with van der Waals surface area (Å²) >= 11 is 3.99. The normalized spacial score (nSPS) is 15.5. The van der Waals surface area contributed by atoms with Crippen LogP contribution in [0.15, 0.2) is 0 Å². The van der Waals surface area contributed by atoms with Crippen LogP contribution in [-0.4, -0.2) is 24.5 Å². The van der Waals surface area contributed by atoms with Gasteiger partial charge in [-0.15, -0.1) is 0 Å². The number of thiol groups is 1. The zero-order chi connectivity index (χ0) is 8.69. The molecule has 0 saturated carbocycles. The van der Waals surface area contributed by atoms with E-state index >= 15 is 0 Å². The van der Waals surface area contributed by atoms with Gasteiger partial charge < -0.3 is 10.5 Å². The van der Waals surface area contributed by atoms with Crippen LogP contribution in [0.1, 0.15) is 12.8 Å². The Hall–Kier alpha value is -0.260. The molecule has 4 nitrogen and oxygen atoms in total. The highest BCUT2D eigenvalue weighted by Gasteiger charge is 2.05. The molecule has 0 aromatic heterocycles. The number of hydrogen-bond donors (Lipinski definition) is 3. The van der Waals surface area contributed by atoms with Gasteiger partial charge in [-0.2, -0.15) is 12.6 Å². The van der Waals surface area contributed by atoms with E-state index in [-0.39, 0.29) is 6.04 Å². The smallest absolute Gasteiger partial charge is 0.294 e.